The summed E-state index contributed by atoms with van der Waals surface area (Å²) in [5, 5.41) is 1.33. The van der Waals surface area contributed by atoms with Crippen molar-refractivity contribution < 1.29 is 13.2 Å². The third-order valence-electron chi connectivity index (χ3n) is 5.31. The van der Waals surface area contributed by atoms with Crippen LogP contribution in [-0.4, -0.2) is 47.2 Å². The van der Waals surface area contributed by atoms with Gasteiger partial charge in [0, 0.05) is 23.1 Å². The van der Waals surface area contributed by atoms with Gasteiger partial charge in [0.15, 0.2) is 15.0 Å². The molecule has 2 aromatic carbocycles. The van der Waals surface area contributed by atoms with Crippen LogP contribution in [0.25, 0.3) is 5.69 Å². The van der Waals surface area contributed by atoms with E-state index in [1.165, 1.54) is 11.8 Å². The zero-order valence-electron chi connectivity index (χ0n) is 16.9. The molecule has 0 radical (unpaired) electrons. The normalized spacial score (nSPS) is 17.5. The summed E-state index contributed by atoms with van der Waals surface area (Å²) in [6.45, 7) is 1.94. The van der Waals surface area contributed by atoms with Crippen LogP contribution in [0.5, 0.6) is 0 Å². The third kappa shape index (κ3) is 4.81. The smallest absolute Gasteiger partial charge is 0.237 e. The molecule has 162 valence electrons. The van der Waals surface area contributed by atoms with Crippen LogP contribution in [0.15, 0.2) is 66.1 Å². The number of carbonyl (C=O) groups excluding carboxylic acids is 1. The molecule has 1 saturated heterocycles. The van der Waals surface area contributed by atoms with Crippen molar-refractivity contribution >= 4 is 44.8 Å². The lowest BCUT2D eigenvalue weighted by atomic mass is 10.2. The predicted octanol–water partition coefficient (Wildman–Crippen LogP) is 4.15. The molecule has 1 aliphatic rings. The maximum Gasteiger partial charge on any atom is 0.237 e. The molecule has 0 unspecified atom stereocenters. The Morgan fingerprint density at radius 3 is 2.71 bits per heavy atom. The number of thioether (sulfide) groups is 1. The van der Waals surface area contributed by atoms with Crippen LogP contribution in [-0.2, 0) is 14.6 Å². The first-order valence-corrected chi connectivity index (χ1v) is 13.0. The highest BCUT2D eigenvalue weighted by Gasteiger charge is 2.35. The summed E-state index contributed by atoms with van der Waals surface area (Å²) < 4.78 is 26.0. The lowest BCUT2D eigenvalue weighted by molar-refractivity contribution is -0.116. The number of benzene rings is 2. The molecule has 1 atom stereocenters. The first-order valence-electron chi connectivity index (χ1n) is 9.85. The number of hydrogen-bond acceptors (Lipinski definition) is 5. The minimum absolute atomic E-state index is 0.00532. The van der Waals surface area contributed by atoms with Crippen molar-refractivity contribution in [1.29, 1.82) is 0 Å². The number of halogens is 1. The third-order valence-corrected chi connectivity index (χ3v) is 8.42. The minimum atomic E-state index is -3.12. The molecule has 0 aliphatic carbocycles. The summed E-state index contributed by atoms with van der Waals surface area (Å²) in [5.41, 5.74) is 2.54. The van der Waals surface area contributed by atoms with E-state index in [9.17, 15) is 13.2 Å². The van der Waals surface area contributed by atoms with Crippen LogP contribution in [0.4, 0.5) is 5.69 Å². The molecule has 0 bridgehead atoms. The first kappa shape index (κ1) is 21.9. The topological polar surface area (TPSA) is 72.3 Å². The second kappa shape index (κ2) is 9.06. The summed E-state index contributed by atoms with van der Waals surface area (Å²) in [7, 11) is -3.12. The van der Waals surface area contributed by atoms with Gasteiger partial charge >= 0.3 is 0 Å². The molecule has 0 N–H and O–H groups in total. The van der Waals surface area contributed by atoms with E-state index in [4.69, 9.17) is 11.6 Å². The van der Waals surface area contributed by atoms with Crippen molar-refractivity contribution in [1.82, 2.24) is 9.55 Å². The van der Waals surface area contributed by atoms with E-state index in [0.29, 0.717) is 22.3 Å². The van der Waals surface area contributed by atoms with Gasteiger partial charge in [-0.25, -0.2) is 13.4 Å². The highest BCUT2D eigenvalue weighted by Crippen LogP contribution is 2.29. The number of sulfone groups is 1. The number of imidazole rings is 1. The van der Waals surface area contributed by atoms with Crippen LogP contribution in [0.3, 0.4) is 0 Å². The summed E-state index contributed by atoms with van der Waals surface area (Å²) in [6, 6.07) is 14.6. The number of aromatic nitrogens is 2. The summed E-state index contributed by atoms with van der Waals surface area (Å²) in [6.07, 6.45) is 3.97. The van der Waals surface area contributed by atoms with Gasteiger partial charge in [-0.2, -0.15) is 0 Å². The van der Waals surface area contributed by atoms with Crippen LogP contribution < -0.4 is 4.90 Å². The standard InChI is InChI=1S/C22H22ClN3O3S2/c1-16-19(23)8-5-9-20(16)25-12-11-24-22(25)30-14-21(27)26(17-6-3-2-4-7-17)18-10-13-31(28,29)15-18/h2-9,11-12,18H,10,13-15H2,1H3/t18-/m0/s1. The minimum Gasteiger partial charge on any atom is -0.308 e. The van der Waals surface area contributed by atoms with E-state index >= 15 is 0 Å². The molecule has 1 fully saturated rings. The van der Waals surface area contributed by atoms with E-state index < -0.39 is 9.84 Å². The molecule has 1 aromatic heterocycles. The Morgan fingerprint density at radius 1 is 1.23 bits per heavy atom. The second-order valence-electron chi connectivity index (χ2n) is 7.41. The molecule has 1 aliphatic heterocycles. The molecule has 0 spiro atoms. The van der Waals surface area contributed by atoms with Gasteiger partial charge in [0.2, 0.25) is 5.91 Å². The molecule has 4 rings (SSSR count). The number of hydrogen-bond donors (Lipinski definition) is 0. The van der Waals surface area contributed by atoms with Crippen LogP contribution in [0, 0.1) is 6.92 Å². The Labute approximate surface area is 191 Å². The Kier molecular flexibility index (Phi) is 6.41. The van der Waals surface area contributed by atoms with E-state index in [1.807, 2.05) is 66.2 Å². The maximum atomic E-state index is 13.3. The first-order chi connectivity index (χ1) is 14.9. The van der Waals surface area contributed by atoms with Gasteiger partial charge in [-0.3, -0.25) is 9.36 Å². The molecular formula is C22H22ClN3O3S2. The lowest BCUT2D eigenvalue weighted by Gasteiger charge is -2.28. The SMILES string of the molecule is Cc1c(Cl)cccc1-n1ccnc1SCC(=O)N(c1ccccc1)[C@H]1CCS(=O)(=O)C1. The van der Waals surface area contributed by atoms with Gasteiger partial charge in [-0.1, -0.05) is 47.6 Å². The number of para-hydroxylation sites is 1. The molecule has 0 saturated carbocycles. The van der Waals surface area contributed by atoms with Crippen molar-refractivity contribution in [2.45, 2.75) is 24.5 Å². The average Bonchev–Trinajstić information content (AvgIpc) is 3.35. The summed E-state index contributed by atoms with van der Waals surface area (Å²) in [5.74, 6) is 0.104. The van der Waals surface area contributed by atoms with Crippen LogP contribution in [0.2, 0.25) is 5.02 Å². The number of carbonyl (C=O) groups is 1. The van der Waals surface area contributed by atoms with Gasteiger partial charge in [0.25, 0.3) is 0 Å². The lowest BCUT2D eigenvalue weighted by Crippen LogP contribution is -2.42. The molecular weight excluding hydrogens is 454 g/mol. The van der Waals surface area contributed by atoms with E-state index in [0.717, 1.165) is 11.3 Å². The number of nitrogens with zero attached hydrogens (tertiary/aromatic N) is 3. The fraction of sp³-hybridized carbons (Fsp3) is 0.273. The molecule has 1 amide bonds. The quantitative estimate of drug-likeness (QED) is 0.501. The molecule has 31 heavy (non-hydrogen) atoms. The summed E-state index contributed by atoms with van der Waals surface area (Å²) >= 11 is 7.59. The fourth-order valence-electron chi connectivity index (χ4n) is 3.76. The van der Waals surface area contributed by atoms with Crippen LogP contribution in [0.1, 0.15) is 12.0 Å². The molecule has 6 nitrogen and oxygen atoms in total. The molecule has 9 heteroatoms. The zero-order chi connectivity index (χ0) is 22.0. The highest BCUT2D eigenvalue weighted by atomic mass is 35.5. The van der Waals surface area contributed by atoms with Crippen LogP contribution >= 0.6 is 23.4 Å². The van der Waals surface area contributed by atoms with Gasteiger partial charge in [-0.15, -0.1) is 0 Å². The average molecular weight is 476 g/mol. The van der Waals surface area contributed by atoms with Crippen molar-refractivity contribution in [3.63, 3.8) is 0 Å². The van der Waals surface area contributed by atoms with Crippen molar-refractivity contribution in [3.05, 3.63) is 71.5 Å². The zero-order valence-corrected chi connectivity index (χ0v) is 19.3. The maximum absolute atomic E-state index is 13.3. The van der Waals surface area contributed by atoms with Gasteiger partial charge in [-0.05, 0) is 43.2 Å². The molecule has 3 aromatic rings. The van der Waals surface area contributed by atoms with Crippen molar-refractivity contribution in [2.24, 2.45) is 0 Å². The van der Waals surface area contributed by atoms with Gasteiger partial charge < -0.3 is 4.90 Å². The van der Waals surface area contributed by atoms with E-state index in [2.05, 4.69) is 4.98 Å². The Hall–Kier alpha value is -2.29. The van der Waals surface area contributed by atoms with Gasteiger partial charge in [0.05, 0.1) is 29.0 Å². The Morgan fingerprint density at radius 2 is 2.00 bits per heavy atom. The van der Waals surface area contributed by atoms with Crippen molar-refractivity contribution in [2.75, 3.05) is 22.2 Å². The Bertz CT molecular complexity index is 1200. The van der Waals surface area contributed by atoms with E-state index in [1.54, 1.807) is 11.1 Å². The van der Waals surface area contributed by atoms with Crippen molar-refractivity contribution in [3.8, 4) is 5.69 Å². The number of anilines is 1. The second-order valence-corrected chi connectivity index (χ2v) is 11.0. The summed E-state index contributed by atoms with van der Waals surface area (Å²) in [4.78, 5) is 19.3. The van der Waals surface area contributed by atoms with Gasteiger partial charge in [0.1, 0.15) is 0 Å². The number of rotatable bonds is 6. The predicted molar refractivity (Wildman–Crippen MR) is 125 cm³/mol. The monoisotopic (exact) mass is 475 g/mol. The fourth-order valence-corrected chi connectivity index (χ4v) is 6.45. The highest BCUT2D eigenvalue weighted by molar-refractivity contribution is 7.99. The Balaban J connectivity index is 1.56. The van der Waals surface area contributed by atoms with E-state index in [-0.39, 0.29) is 29.2 Å². The molecule has 2 heterocycles. The largest absolute Gasteiger partial charge is 0.308 e. The number of amides is 1.